The first kappa shape index (κ1) is 15.2. The fourth-order valence-corrected chi connectivity index (χ4v) is 2.44. The first-order valence-corrected chi connectivity index (χ1v) is 6.93. The molecule has 2 N–H and O–H groups in total. The molecule has 0 spiro atoms. The van der Waals surface area contributed by atoms with Crippen LogP contribution in [0.2, 0.25) is 5.02 Å². The molecular formula is C14H17ClF2N2O. The number of hydrogen-bond acceptors (Lipinski definition) is 2. The zero-order valence-electron chi connectivity index (χ0n) is 11.2. The summed E-state index contributed by atoms with van der Waals surface area (Å²) in [6, 6.07) is 1.65. The van der Waals surface area contributed by atoms with Crippen molar-refractivity contribution in [2.75, 3.05) is 19.6 Å². The SMILES string of the molecule is CC1(CNC(=O)c2cc(F)c(Cl)cc2F)CCNCC1. The Morgan fingerprint density at radius 1 is 1.35 bits per heavy atom. The van der Waals surface area contributed by atoms with Crippen LogP contribution in [0.3, 0.4) is 0 Å². The highest BCUT2D eigenvalue weighted by molar-refractivity contribution is 6.30. The van der Waals surface area contributed by atoms with Crippen LogP contribution < -0.4 is 10.6 Å². The van der Waals surface area contributed by atoms with Gasteiger partial charge in [0.1, 0.15) is 11.6 Å². The van der Waals surface area contributed by atoms with Crippen LogP contribution in [0.15, 0.2) is 12.1 Å². The van der Waals surface area contributed by atoms with Gasteiger partial charge in [0.05, 0.1) is 10.6 Å². The Kier molecular flexibility index (Phi) is 4.60. The molecule has 1 saturated heterocycles. The first-order chi connectivity index (χ1) is 9.41. The minimum Gasteiger partial charge on any atom is -0.351 e. The summed E-state index contributed by atoms with van der Waals surface area (Å²) in [5, 5.41) is 5.60. The summed E-state index contributed by atoms with van der Waals surface area (Å²) in [7, 11) is 0. The summed E-state index contributed by atoms with van der Waals surface area (Å²) in [5.74, 6) is -2.23. The average Bonchev–Trinajstić information content (AvgIpc) is 2.41. The second-order valence-electron chi connectivity index (χ2n) is 5.49. The molecule has 0 radical (unpaired) electrons. The molecule has 0 bridgehead atoms. The van der Waals surface area contributed by atoms with Crippen molar-refractivity contribution in [2.24, 2.45) is 5.41 Å². The maximum Gasteiger partial charge on any atom is 0.254 e. The lowest BCUT2D eigenvalue weighted by Crippen LogP contribution is -2.43. The molecule has 1 aliphatic heterocycles. The van der Waals surface area contributed by atoms with E-state index in [2.05, 4.69) is 17.6 Å². The lowest BCUT2D eigenvalue weighted by atomic mass is 9.81. The van der Waals surface area contributed by atoms with Crippen molar-refractivity contribution in [2.45, 2.75) is 19.8 Å². The number of benzene rings is 1. The fraction of sp³-hybridized carbons (Fsp3) is 0.500. The first-order valence-electron chi connectivity index (χ1n) is 6.55. The summed E-state index contributed by atoms with van der Waals surface area (Å²) >= 11 is 5.46. The van der Waals surface area contributed by atoms with Crippen molar-refractivity contribution in [3.63, 3.8) is 0 Å². The number of amides is 1. The van der Waals surface area contributed by atoms with Crippen molar-refractivity contribution in [1.82, 2.24) is 10.6 Å². The van der Waals surface area contributed by atoms with Gasteiger partial charge in [-0.1, -0.05) is 18.5 Å². The maximum atomic E-state index is 13.6. The summed E-state index contributed by atoms with van der Waals surface area (Å²) in [5.41, 5.74) is -0.327. The van der Waals surface area contributed by atoms with E-state index in [0.717, 1.165) is 38.1 Å². The molecule has 110 valence electrons. The average molecular weight is 303 g/mol. The van der Waals surface area contributed by atoms with Crippen molar-refractivity contribution in [3.05, 3.63) is 34.4 Å². The van der Waals surface area contributed by atoms with Gasteiger partial charge in [0.2, 0.25) is 0 Å². The predicted molar refractivity (Wildman–Crippen MR) is 73.9 cm³/mol. The lowest BCUT2D eigenvalue weighted by molar-refractivity contribution is 0.0917. The van der Waals surface area contributed by atoms with Gasteiger partial charge in [-0.05, 0) is 43.5 Å². The Morgan fingerprint density at radius 2 is 2.00 bits per heavy atom. The minimum atomic E-state index is -0.815. The molecule has 20 heavy (non-hydrogen) atoms. The fourth-order valence-electron chi connectivity index (χ4n) is 2.29. The summed E-state index contributed by atoms with van der Waals surface area (Å²) in [6.07, 6.45) is 1.87. The van der Waals surface area contributed by atoms with Crippen LogP contribution in [-0.2, 0) is 0 Å². The molecule has 3 nitrogen and oxygen atoms in total. The van der Waals surface area contributed by atoms with E-state index in [1.807, 2.05) is 0 Å². The molecule has 0 saturated carbocycles. The number of rotatable bonds is 3. The third-order valence-electron chi connectivity index (χ3n) is 3.74. The highest BCUT2D eigenvalue weighted by atomic mass is 35.5. The Hall–Kier alpha value is -1.20. The number of nitrogens with one attached hydrogen (secondary N) is 2. The number of carbonyl (C=O) groups is 1. The van der Waals surface area contributed by atoms with Gasteiger partial charge in [0.25, 0.3) is 5.91 Å². The molecule has 6 heteroatoms. The molecule has 1 amide bonds. The molecule has 0 aliphatic carbocycles. The van der Waals surface area contributed by atoms with Crippen LogP contribution in [0, 0.1) is 17.0 Å². The van der Waals surface area contributed by atoms with Gasteiger partial charge in [0, 0.05) is 6.54 Å². The third kappa shape index (κ3) is 3.46. The van der Waals surface area contributed by atoms with Crippen LogP contribution in [0.25, 0.3) is 0 Å². The predicted octanol–water partition coefficient (Wildman–Crippen LogP) is 2.74. The smallest absolute Gasteiger partial charge is 0.254 e. The Bertz CT molecular complexity index is 516. The highest BCUT2D eigenvalue weighted by Crippen LogP contribution is 2.27. The zero-order chi connectivity index (χ0) is 14.8. The van der Waals surface area contributed by atoms with Crippen LogP contribution in [0.5, 0.6) is 0 Å². The lowest BCUT2D eigenvalue weighted by Gasteiger charge is -2.34. The Labute approximate surface area is 121 Å². The van der Waals surface area contributed by atoms with E-state index in [-0.39, 0.29) is 16.0 Å². The zero-order valence-corrected chi connectivity index (χ0v) is 12.0. The quantitative estimate of drug-likeness (QED) is 0.843. The van der Waals surface area contributed by atoms with E-state index in [1.54, 1.807) is 0 Å². The molecule has 0 unspecified atom stereocenters. The molecule has 2 rings (SSSR count). The second-order valence-corrected chi connectivity index (χ2v) is 5.90. The monoisotopic (exact) mass is 302 g/mol. The molecule has 1 aromatic rings. The van der Waals surface area contributed by atoms with E-state index < -0.39 is 17.5 Å². The molecule has 1 heterocycles. The molecule has 1 aliphatic rings. The molecule has 0 atom stereocenters. The summed E-state index contributed by atoms with van der Waals surface area (Å²) < 4.78 is 26.9. The van der Waals surface area contributed by atoms with Crippen molar-refractivity contribution >= 4 is 17.5 Å². The second kappa shape index (κ2) is 6.06. The van der Waals surface area contributed by atoms with E-state index in [0.29, 0.717) is 6.54 Å². The number of halogens is 3. The van der Waals surface area contributed by atoms with E-state index >= 15 is 0 Å². The normalized spacial score (nSPS) is 17.8. The van der Waals surface area contributed by atoms with Gasteiger partial charge in [-0.25, -0.2) is 8.78 Å². The summed E-state index contributed by atoms with van der Waals surface area (Å²) in [4.78, 5) is 11.9. The van der Waals surface area contributed by atoms with Crippen molar-refractivity contribution < 1.29 is 13.6 Å². The van der Waals surface area contributed by atoms with Crippen LogP contribution >= 0.6 is 11.6 Å². The van der Waals surface area contributed by atoms with Crippen LogP contribution in [0.4, 0.5) is 8.78 Å². The van der Waals surface area contributed by atoms with Gasteiger partial charge in [-0.15, -0.1) is 0 Å². The molecule has 1 aromatic carbocycles. The van der Waals surface area contributed by atoms with Gasteiger partial charge in [-0.2, -0.15) is 0 Å². The van der Waals surface area contributed by atoms with Crippen molar-refractivity contribution in [1.29, 1.82) is 0 Å². The maximum absolute atomic E-state index is 13.6. The number of carbonyl (C=O) groups excluding carboxylic acids is 1. The highest BCUT2D eigenvalue weighted by Gasteiger charge is 2.27. The van der Waals surface area contributed by atoms with Gasteiger partial charge in [-0.3, -0.25) is 4.79 Å². The standard InChI is InChI=1S/C14H17ClF2N2O/c1-14(2-4-18-5-3-14)8-19-13(20)9-6-12(17)10(15)7-11(9)16/h6-7,18H,2-5,8H2,1H3,(H,19,20). The van der Waals surface area contributed by atoms with Gasteiger partial charge in [0.15, 0.2) is 0 Å². The Balaban J connectivity index is 2.03. The molecular weight excluding hydrogens is 286 g/mol. The Morgan fingerprint density at radius 3 is 2.65 bits per heavy atom. The number of piperidine rings is 1. The van der Waals surface area contributed by atoms with E-state index in [1.165, 1.54) is 0 Å². The van der Waals surface area contributed by atoms with Gasteiger partial charge >= 0.3 is 0 Å². The van der Waals surface area contributed by atoms with Gasteiger partial charge < -0.3 is 10.6 Å². The number of hydrogen-bond donors (Lipinski definition) is 2. The topological polar surface area (TPSA) is 41.1 Å². The van der Waals surface area contributed by atoms with Crippen LogP contribution in [-0.4, -0.2) is 25.5 Å². The van der Waals surface area contributed by atoms with Crippen LogP contribution in [0.1, 0.15) is 30.1 Å². The largest absolute Gasteiger partial charge is 0.351 e. The molecule has 0 aromatic heterocycles. The third-order valence-corrected chi connectivity index (χ3v) is 4.03. The van der Waals surface area contributed by atoms with Crippen molar-refractivity contribution in [3.8, 4) is 0 Å². The molecule has 1 fully saturated rings. The van der Waals surface area contributed by atoms with E-state index in [9.17, 15) is 13.6 Å². The minimum absolute atomic E-state index is 0.0116. The summed E-state index contributed by atoms with van der Waals surface area (Å²) in [6.45, 7) is 4.32. The van der Waals surface area contributed by atoms with E-state index in [4.69, 9.17) is 11.6 Å².